The molecule has 0 aliphatic heterocycles. The Morgan fingerprint density at radius 1 is 1.47 bits per heavy atom. The van der Waals surface area contributed by atoms with E-state index in [0.717, 1.165) is 0 Å². The number of tetrazole rings is 1. The van der Waals surface area contributed by atoms with Crippen LogP contribution in [0.25, 0.3) is 11.4 Å². The van der Waals surface area contributed by atoms with E-state index < -0.39 is 4.92 Å². The molecule has 0 saturated heterocycles. The van der Waals surface area contributed by atoms with Gasteiger partial charge in [-0.2, -0.15) is 4.80 Å². The minimum absolute atomic E-state index is 0.0138. The molecule has 0 fully saturated rings. The van der Waals surface area contributed by atoms with Gasteiger partial charge in [0, 0.05) is 17.7 Å². The maximum atomic E-state index is 10.5. The number of hydrogen-bond donors (Lipinski definition) is 0. The Morgan fingerprint density at radius 3 is 2.87 bits per heavy atom. The summed E-state index contributed by atoms with van der Waals surface area (Å²) in [5.74, 6) is 0.376. The molecule has 7 heteroatoms. The smallest absolute Gasteiger partial charge is 0.258 e. The molecule has 7 nitrogen and oxygen atoms in total. The van der Waals surface area contributed by atoms with Gasteiger partial charge in [0.15, 0.2) is 0 Å². The van der Waals surface area contributed by atoms with Crippen molar-refractivity contribution in [1.82, 2.24) is 20.2 Å². The van der Waals surface area contributed by atoms with Gasteiger partial charge in [-0.3, -0.25) is 10.1 Å². The van der Waals surface area contributed by atoms with Crippen LogP contribution >= 0.6 is 0 Å². The molecule has 0 unspecified atom stereocenters. The second-order valence-electron chi connectivity index (χ2n) is 2.91. The maximum absolute atomic E-state index is 10.5. The van der Waals surface area contributed by atoms with Crippen molar-refractivity contribution in [1.29, 1.82) is 0 Å². The second-order valence-corrected chi connectivity index (χ2v) is 2.91. The first-order valence-corrected chi connectivity index (χ1v) is 4.15. The van der Waals surface area contributed by atoms with E-state index in [1.807, 2.05) is 0 Å². The molecule has 0 aliphatic carbocycles. The number of aromatic nitrogens is 4. The zero-order valence-electron chi connectivity index (χ0n) is 7.86. The van der Waals surface area contributed by atoms with Gasteiger partial charge in [0.1, 0.15) is 0 Å². The van der Waals surface area contributed by atoms with Gasteiger partial charge in [0.2, 0.25) is 5.82 Å². The summed E-state index contributed by atoms with van der Waals surface area (Å²) in [5.41, 5.74) is 0.595. The van der Waals surface area contributed by atoms with Gasteiger partial charge in [0.25, 0.3) is 5.69 Å². The number of nitro benzene ring substituents is 1. The first kappa shape index (κ1) is 9.25. The Bertz CT molecular complexity index is 507. The van der Waals surface area contributed by atoms with Crippen LogP contribution in [0.15, 0.2) is 24.3 Å². The Kier molecular flexibility index (Phi) is 2.13. The van der Waals surface area contributed by atoms with E-state index >= 15 is 0 Å². The summed E-state index contributed by atoms with van der Waals surface area (Å²) < 4.78 is 0. The van der Waals surface area contributed by atoms with Crippen LogP contribution in [0.5, 0.6) is 0 Å². The molecule has 76 valence electrons. The fraction of sp³-hybridized carbons (Fsp3) is 0.125. The summed E-state index contributed by atoms with van der Waals surface area (Å²) in [6.07, 6.45) is 0. The summed E-state index contributed by atoms with van der Waals surface area (Å²) >= 11 is 0. The summed E-state index contributed by atoms with van der Waals surface area (Å²) in [5, 5.41) is 21.9. The predicted molar refractivity (Wildman–Crippen MR) is 50.9 cm³/mol. The fourth-order valence-corrected chi connectivity index (χ4v) is 1.16. The lowest BCUT2D eigenvalue weighted by Crippen LogP contribution is -1.92. The molecule has 1 heterocycles. The van der Waals surface area contributed by atoms with Crippen LogP contribution in [-0.2, 0) is 7.05 Å². The van der Waals surface area contributed by atoms with Crippen LogP contribution < -0.4 is 0 Å². The van der Waals surface area contributed by atoms with E-state index in [-0.39, 0.29) is 5.69 Å². The molecule has 0 aliphatic rings. The number of nitrogens with zero attached hydrogens (tertiary/aromatic N) is 5. The van der Waals surface area contributed by atoms with Crippen LogP contribution in [0.4, 0.5) is 5.69 Å². The van der Waals surface area contributed by atoms with E-state index in [2.05, 4.69) is 15.4 Å². The lowest BCUT2D eigenvalue weighted by Gasteiger charge is -1.94. The zero-order chi connectivity index (χ0) is 10.8. The van der Waals surface area contributed by atoms with Crippen molar-refractivity contribution in [2.75, 3.05) is 0 Å². The molecule has 2 aromatic rings. The van der Waals surface area contributed by atoms with Crippen molar-refractivity contribution in [2.45, 2.75) is 0 Å². The highest BCUT2D eigenvalue weighted by Crippen LogP contribution is 2.19. The molecule has 0 amide bonds. The number of benzene rings is 1. The molecule has 0 bridgehead atoms. The van der Waals surface area contributed by atoms with Crippen molar-refractivity contribution in [2.24, 2.45) is 7.05 Å². The number of rotatable bonds is 2. The largest absolute Gasteiger partial charge is 0.270 e. The van der Waals surface area contributed by atoms with E-state index in [9.17, 15) is 10.1 Å². The maximum Gasteiger partial charge on any atom is 0.270 e. The first-order valence-electron chi connectivity index (χ1n) is 4.15. The van der Waals surface area contributed by atoms with Crippen molar-refractivity contribution in [3.05, 3.63) is 34.4 Å². The van der Waals surface area contributed by atoms with Crippen LogP contribution in [0.3, 0.4) is 0 Å². The van der Waals surface area contributed by atoms with Crippen molar-refractivity contribution in [3.63, 3.8) is 0 Å². The number of nitro groups is 1. The van der Waals surface area contributed by atoms with Crippen LogP contribution in [0.2, 0.25) is 0 Å². The van der Waals surface area contributed by atoms with E-state index in [4.69, 9.17) is 0 Å². The lowest BCUT2D eigenvalue weighted by molar-refractivity contribution is -0.384. The monoisotopic (exact) mass is 205 g/mol. The highest BCUT2D eigenvalue weighted by molar-refractivity contribution is 5.58. The third-order valence-corrected chi connectivity index (χ3v) is 1.82. The van der Waals surface area contributed by atoms with Crippen LogP contribution in [-0.4, -0.2) is 25.1 Å². The van der Waals surface area contributed by atoms with Crippen molar-refractivity contribution < 1.29 is 4.92 Å². The zero-order valence-corrected chi connectivity index (χ0v) is 7.86. The van der Waals surface area contributed by atoms with Crippen LogP contribution in [0, 0.1) is 10.1 Å². The van der Waals surface area contributed by atoms with Gasteiger partial charge < -0.3 is 0 Å². The third-order valence-electron chi connectivity index (χ3n) is 1.82. The van der Waals surface area contributed by atoms with Gasteiger partial charge in [-0.15, -0.1) is 10.2 Å². The number of hydrogen-bond acceptors (Lipinski definition) is 5. The molecule has 0 spiro atoms. The number of aryl methyl sites for hydroxylation is 1. The summed E-state index contributed by atoms with van der Waals surface area (Å²) in [6, 6.07) is 6.12. The van der Waals surface area contributed by atoms with Gasteiger partial charge in [0.05, 0.1) is 12.0 Å². The van der Waals surface area contributed by atoms with Crippen molar-refractivity contribution >= 4 is 5.69 Å². The quantitative estimate of drug-likeness (QED) is 0.534. The number of non-ortho nitro benzene ring substituents is 1. The molecule has 1 aromatic carbocycles. The first-order chi connectivity index (χ1) is 7.16. The van der Waals surface area contributed by atoms with E-state index in [1.54, 1.807) is 19.2 Å². The van der Waals surface area contributed by atoms with E-state index in [1.165, 1.54) is 16.9 Å². The normalized spacial score (nSPS) is 10.2. The summed E-state index contributed by atoms with van der Waals surface area (Å²) in [6.45, 7) is 0. The Morgan fingerprint density at radius 2 is 2.27 bits per heavy atom. The molecule has 0 N–H and O–H groups in total. The molecular weight excluding hydrogens is 198 g/mol. The molecule has 1 aromatic heterocycles. The SMILES string of the molecule is Cn1nnc(-c2cccc([N+](=O)[O-])c2)n1. The average Bonchev–Trinajstić information content (AvgIpc) is 2.65. The van der Waals surface area contributed by atoms with Gasteiger partial charge >= 0.3 is 0 Å². The minimum atomic E-state index is -0.458. The third kappa shape index (κ3) is 1.80. The Labute approximate surface area is 84.5 Å². The van der Waals surface area contributed by atoms with E-state index in [0.29, 0.717) is 11.4 Å². The van der Waals surface area contributed by atoms with Gasteiger partial charge in [-0.1, -0.05) is 12.1 Å². The van der Waals surface area contributed by atoms with Gasteiger partial charge in [-0.05, 0) is 5.21 Å². The van der Waals surface area contributed by atoms with Crippen LogP contribution in [0.1, 0.15) is 0 Å². The molecule has 0 radical (unpaired) electrons. The predicted octanol–water partition coefficient (Wildman–Crippen LogP) is 0.785. The summed E-state index contributed by atoms with van der Waals surface area (Å²) in [7, 11) is 1.63. The fourth-order valence-electron chi connectivity index (χ4n) is 1.16. The molecular formula is C8H7N5O2. The average molecular weight is 205 g/mol. The van der Waals surface area contributed by atoms with Gasteiger partial charge in [-0.25, -0.2) is 0 Å². The highest BCUT2D eigenvalue weighted by atomic mass is 16.6. The molecule has 0 saturated carbocycles. The highest BCUT2D eigenvalue weighted by Gasteiger charge is 2.09. The topological polar surface area (TPSA) is 86.7 Å². The second kappa shape index (κ2) is 3.45. The molecule has 15 heavy (non-hydrogen) atoms. The Hall–Kier alpha value is -2.31. The van der Waals surface area contributed by atoms with Crippen molar-refractivity contribution in [3.8, 4) is 11.4 Å². The Balaban J connectivity index is 2.45. The molecule has 2 rings (SSSR count). The minimum Gasteiger partial charge on any atom is -0.258 e. The molecule has 0 atom stereocenters. The summed E-state index contributed by atoms with van der Waals surface area (Å²) in [4.78, 5) is 11.4. The standard InChI is InChI=1S/C8H7N5O2/c1-12-10-8(9-11-12)6-3-2-4-7(5-6)13(14)15/h2-5H,1H3. The lowest BCUT2D eigenvalue weighted by atomic mass is 10.2.